The van der Waals surface area contributed by atoms with E-state index in [0.29, 0.717) is 16.1 Å². The van der Waals surface area contributed by atoms with Gasteiger partial charge in [-0.25, -0.2) is 0 Å². The molecule has 0 fully saturated rings. The first-order valence-corrected chi connectivity index (χ1v) is 8.62. The molecule has 130 valence electrons. The van der Waals surface area contributed by atoms with Gasteiger partial charge in [0.25, 0.3) is 5.69 Å². The van der Waals surface area contributed by atoms with Crippen LogP contribution in [0.4, 0.5) is 17.1 Å². The second-order valence-electron chi connectivity index (χ2n) is 5.46. The number of benzene rings is 2. The van der Waals surface area contributed by atoms with Crippen molar-refractivity contribution in [1.29, 1.82) is 0 Å². The molecule has 0 atom stereocenters. The van der Waals surface area contributed by atoms with Gasteiger partial charge in [-0.15, -0.1) is 11.3 Å². The molecule has 7 heteroatoms. The van der Waals surface area contributed by atoms with Crippen molar-refractivity contribution in [2.45, 2.75) is 0 Å². The quantitative estimate of drug-likeness (QED) is 0.273. The summed E-state index contributed by atoms with van der Waals surface area (Å²) in [5.74, 6) is -0.180. The van der Waals surface area contributed by atoms with Crippen LogP contribution in [0.3, 0.4) is 0 Å². The molecule has 0 aliphatic carbocycles. The van der Waals surface area contributed by atoms with Crippen LogP contribution in [0, 0.1) is 10.1 Å². The summed E-state index contributed by atoms with van der Waals surface area (Å²) in [6.07, 6.45) is 4.46. The summed E-state index contributed by atoms with van der Waals surface area (Å²) in [7, 11) is 1.78. The Kier molecular flexibility index (Phi) is 5.19. The van der Waals surface area contributed by atoms with Crippen molar-refractivity contribution in [3.63, 3.8) is 0 Å². The average Bonchev–Trinajstić information content (AvgIpc) is 3.21. The van der Waals surface area contributed by atoms with Crippen LogP contribution in [0.5, 0.6) is 0 Å². The number of aromatic nitrogens is 1. The van der Waals surface area contributed by atoms with Gasteiger partial charge in [0.2, 0.25) is 0 Å². The SMILES string of the molecule is CN(c1ccccc1)c1ccc(/C=C\C(=O)c2cncs2)cc1[N+](=O)[O-]. The molecule has 1 heterocycles. The highest BCUT2D eigenvalue weighted by atomic mass is 32.1. The first-order valence-electron chi connectivity index (χ1n) is 7.74. The van der Waals surface area contributed by atoms with Gasteiger partial charge in [0.05, 0.1) is 15.3 Å². The summed E-state index contributed by atoms with van der Waals surface area (Å²) in [4.78, 5) is 29.2. The smallest absolute Gasteiger partial charge is 0.293 e. The molecule has 26 heavy (non-hydrogen) atoms. The molecule has 0 spiro atoms. The van der Waals surface area contributed by atoms with Crippen molar-refractivity contribution < 1.29 is 9.72 Å². The minimum atomic E-state index is -0.420. The number of carbonyl (C=O) groups excluding carboxylic acids is 1. The Labute approximate surface area is 154 Å². The van der Waals surface area contributed by atoms with Gasteiger partial charge in [0.1, 0.15) is 5.69 Å². The highest BCUT2D eigenvalue weighted by Gasteiger charge is 2.18. The molecule has 6 nitrogen and oxygen atoms in total. The van der Waals surface area contributed by atoms with Crippen molar-refractivity contribution in [3.8, 4) is 0 Å². The number of hydrogen-bond acceptors (Lipinski definition) is 6. The predicted molar refractivity (Wildman–Crippen MR) is 103 cm³/mol. The van der Waals surface area contributed by atoms with E-state index in [4.69, 9.17) is 0 Å². The van der Waals surface area contributed by atoms with Gasteiger partial charge >= 0.3 is 0 Å². The van der Waals surface area contributed by atoms with Crippen LogP contribution in [0.15, 0.2) is 66.3 Å². The molecule has 0 amide bonds. The molecule has 1 aromatic heterocycles. The van der Waals surface area contributed by atoms with Crippen molar-refractivity contribution in [2.24, 2.45) is 0 Å². The normalized spacial score (nSPS) is 10.8. The molecule has 0 saturated heterocycles. The number of hydrogen-bond donors (Lipinski definition) is 0. The van der Waals surface area contributed by atoms with Crippen LogP contribution in [-0.2, 0) is 0 Å². The van der Waals surface area contributed by atoms with Crippen LogP contribution >= 0.6 is 11.3 Å². The van der Waals surface area contributed by atoms with Crippen LogP contribution in [0.25, 0.3) is 6.08 Å². The maximum atomic E-state index is 12.0. The lowest BCUT2D eigenvalue weighted by Crippen LogP contribution is -2.11. The Bertz CT molecular complexity index is 953. The second kappa shape index (κ2) is 7.71. The lowest BCUT2D eigenvalue weighted by Gasteiger charge is -2.19. The van der Waals surface area contributed by atoms with Crippen LogP contribution in [0.1, 0.15) is 15.2 Å². The van der Waals surface area contributed by atoms with Gasteiger partial charge in [-0.1, -0.05) is 30.3 Å². The highest BCUT2D eigenvalue weighted by Crippen LogP contribution is 2.33. The van der Waals surface area contributed by atoms with Crippen LogP contribution < -0.4 is 4.90 Å². The molecule has 0 radical (unpaired) electrons. The molecule has 0 N–H and O–H groups in total. The predicted octanol–water partition coefficient (Wildman–Crippen LogP) is 4.72. The van der Waals surface area contributed by atoms with Gasteiger partial charge in [-0.2, -0.15) is 0 Å². The zero-order valence-electron chi connectivity index (χ0n) is 13.9. The molecule has 0 aliphatic rings. The highest BCUT2D eigenvalue weighted by molar-refractivity contribution is 7.11. The van der Waals surface area contributed by atoms with Gasteiger partial charge in [-0.3, -0.25) is 19.9 Å². The van der Waals surface area contributed by atoms with E-state index in [1.165, 1.54) is 29.7 Å². The zero-order chi connectivity index (χ0) is 18.5. The molecule has 2 aromatic carbocycles. The fourth-order valence-corrected chi connectivity index (χ4v) is 3.00. The molecule has 0 saturated carbocycles. The molecule has 0 aliphatic heterocycles. The average molecular weight is 365 g/mol. The molecule has 3 aromatic rings. The van der Waals surface area contributed by atoms with E-state index in [2.05, 4.69) is 4.98 Å². The minimum Gasteiger partial charge on any atom is -0.339 e. The Morgan fingerprint density at radius 3 is 2.65 bits per heavy atom. The molecular formula is C19H15N3O3S. The Morgan fingerprint density at radius 2 is 2.00 bits per heavy atom. The largest absolute Gasteiger partial charge is 0.339 e. The first kappa shape index (κ1) is 17.5. The third kappa shape index (κ3) is 3.84. The third-order valence-electron chi connectivity index (χ3n) is 3.80. The number of anilines is 2. The summed E-state index contributed by atoms with van der Waals surface area (Å²) in [5, 5.41) is 11.5. The Morgan fingerprint density at radius 1 is 1.23 bits per heavy atom. The standard InChI is InChI=1S/C19H15N3O3S/c1-21(15-5-3-2-4-6-15)16-9-7-14(11-17(16)22(24)25)8-10-18(23)19-12-20-13-26-19/h2-13H,1H3/b10-8-. The first-order chi connectivity index (χ1) is 12.6. The summed E-state index contributed by atoms with van der Waals surface area (Å²) < 4.78 is 0. The monoisotopic (exact) mass is 365 g/mol. The van der Waals surface area contributed by atoms with Gasteiger partial charge in [0.15, 0.2) is 5.78 Å². The lowest BCUT2D eigenvalue weighted by atomic mass is 10.1. The molecular weight excluding hydrogens is 350 g/mol. The Balaban J connectivity index is 1.90. The van der Waals surface area contributed by atoms with Gasteiger partial charge in [0, 0.05) is 25.0 Å². The van der Waals surface area contributed by atoms with E-state index in [1.54, 1.807) is 35.7 Å². The van der Waals surface area contributed by atoms with Crippen molar-refractivity contribution >= 4 is 40.3 Å². The number of allylic oxidation sites excluding steroid dienone is 1. The molecule has 0 bridgehead atoms. The van der Waals surface area contributed by atoms with E-state index in [-0.39, 0.29) is 11.5 Å². The topological polar surface area (TPSA) is 76.3 Å². The number of nitrogens with zero attached hydrogens (tertiary/aromatic N) is 3. The maximum absolute atomic E-state index is 12.0. The van der Waals surface area contributed by atoms with E-state index < -0.39 is 4.92 Å². The van der Waals surface area contributed by atoms with Crippen molar-refractivity contribution in [3.05, 3.63) is 86.9 Å². The number of nitro groups is 1. The van der Waals surface area contributed by atoms with Gasteiger partial charge in [-0.05, 0) is 29.8 Å². The fourth-order valence-electron chi connectivity index (χ4n) is 2.46. The molecule has 0 unspecified atom stereocenters. The number of para-hydroxylation sites is 1. The molecule has 3 rings (SSSR count). The van der Waals surface area contributed by atoms with Crippen molar-refractivity contribution in [1.82, 2.24) is 4.98 Å². The number of nitro benzene ring substituents is 1. The summed E-state index contributed by atoms with van der Waals surface area (Å²) in [6.45, 7) is 0. The van der Waals surface area contributed by atoms with Crippen molar-refractivity contribution in [2.75, 3.05) is 11.9 Å². The number of rotatable bonds is 6. The van der Waals surface area contributed by atoms with E-state index >= 15 is 0 Å². The maximum Gasteiger partial charge on any atom is 0.293 e. The number of carbonyl (C=O) groups is 1. The summed E-state index contributed by atoms with van der Waals surface area (Å²) in [6, 6.07) is 14.3. The zero-order valence-corrected chi connectivity index (χ0v) is 14.7. The van der Waals surface area contributed by atoms with Gasteiger partial charge < -0.3 is 4.90 Å². The lowest BCUT2D eigenvalue weighted by molar-refractivity contribution is -0.384. The summed E-state index contributed by atoms with van der Waals surface area (Å²) >= 11 is 1.25. The number of thiazole rings is 1. The minimum absolute atomic E-state index is 0.0243. The van der Waals surface area contributed by atoms with Crippen LogP contribution in [-0.4, -0.2) is 22.7 Å². The van der Waals surface area contributed by atoms with E-state index in [1.807, 2.05) is 30.3 Å². The van der Waals surface area contributed by atoms with E-state index in [0.717, 1.165) is 5.69 Å². The van der Waals surface area contributed by atoms with Crippen LogP contribution in [0.2, 0.25) is 0 Å². The summed E-state index contributed by atoms with van der Waals surface area (Å²) in [5.41, 5.74) is 3.47. The second-order valence-corrected chi connectivity index (χ2v) is 6.35. The Hall–Kier alpha value is -3.32. The van der Waals surface area contributed by atoms with E-state index in [9.17, 15) is 14.9 Å². The number of ketones is 1. The third-order valence-corrected chi connectivity index (χ3v) is 4.59. The fraction of sp³-hybridized carbons (Fsp3) is 0.0526.